The number of rotatable bonds is 5. The Bertz CT molecular complexity index is 583. The molecule has 5 rings (SSSR count). The summed E-state index contributed by atoms with van der Waals surface area (Å²) in [5.74, 6) is 1.16. The van der Waals surface area contributed by atoms with Gasteiger partial charge in [0.15, 0.2) is 0 Å². The molecule has 7 nitrogen and oxygen atoms in total. The van der Waals surface area contributed by atoms with Crippen LogP contribution in [0.15, 0.2) is 6.20 Å². The third-order valence-corrected chi connectivity index (χ3v) is 5.89. The number of aromatic nitrogens is 3. The lowest BCUT2D eigenvalue weighted by molar-refractivity contribution is -0.142. The Morgan fingerprint density at radius 1 is 1.33 bits per heavy atom. The molecule has 0 N–H and O–H groups in total. The quantitative estimate of drug-likeness (QED) is 0.796. The predicted octanol–water partition coefficient (Wildman–Crippen LogP) is 0.757. The lowest BCUT2D eigenvalue weighted by Crippen LogP contribution is -2.58. The van der Waals surface area contributed by atoms with Gasteiger partial charge in [0.25, 0.3) is 0 Å². The summed E-state index contributed by atoms with van der Waals surface area (Å²) in [6.45, 7) is 5.32. The Kier molecular flexibility index (Phi) is 4.54. The zero-order valence-electron chi connectivity index (χ0n) is 14.4. The summed E-state index contributed by atoms with van der Waals surface area (Å²) in [6.07, 6.45) is 6.58. The van der Waals surface area contributed by atoms with Gasteiger partial charge in [-0.2, -0.15) is 0 Å². The number of piperidine rings is 3. The number of carbonyl (C=O) groups is 1. The molecular weight excluding hydrogens is 306 g/mol. The first-order chi connectivity index (χ1) is 11.7. The van der Waals surface area contributed by atoms with E-state index >= 15 is 0 Å². The molecule has 1 unspecified atom stereocenters. The van der Waals surface area contributed by atoms with Crippen LogP contribution in [0.4, 0.5) is 0 Å². The van der Waals surface area contributed by atoms with Gasteiger partial charge in [-0.1, -0.05) is 5.21 Å². The minimum atomic E-state index is 0.216. The molecule has 1 aromatic rings. The lowest BCUT2D eigenvalue weighted by Gasteiger charge is -2.49. The average molecular weight is 333 g/mol. The van der Waals surface area contributed by atoms with E-state index in [1.165, 1.54) is 12.8 Å². The van der Waals surface area contributed by atoms with Gasteiger partial charge in [0.05, 0.1) is 25.3 Å². The highest BCUT2D eigenvalue weighted by Crippen LogP contribution is 2.38. The van der Waals surface area contributed by atoms with E-state index in [9.17, 15) is 4.79 Å². The predicted molar refractivity (Wildman–Crippen MR) is 88.1 cm³/mol. The molecule has 5 heterocycles. The van der Waals surface area contributed by atoms with Crippen molar-refractivity contribution in [2.75, 3.05) is 33.3 Å². The number of ether oxygens (including phenoxy) is 1. The SMILES string of the molecule is COCc1cn(C[C@H]2C[C@H]3CCN2C[C@@H]3C(=O)N2CCCC2)nn1. The second kappa shape index (κ2) is 6.80. The van der Waals surface area contributed by atoms with Crippen molar-refractivity contribution in [1.29, 1.82) is 0 Å². The van der Waals surface area contributed by atoms with Crippen LogP contribution >= 0.6 is 0 Å². The number of fused-ring (bicyclic) bond motifs is 3. The molecule has 2 bridgehead atoms. The van der Waals surface area contributed by atoms with Crippen molar-refractivity contribution in [3.8, 4) is 0 Å². The average Bonchev–Trinajstić information content (AvgIpc) is 3.27. The van der Waals surface area contributed by atoms with Crippen molar-refractivity contribution in [3.63, 3.8) is 0 Å². The van der Waals surface area contributed by atoms with Crippen LogP contribution in [-0.2, 0) is 22.7 Å². The fraction of sp³-hybridized carbons (Fsp3) is 0.824. The Morgan fingerprint density at radius 3 is 2.88 bits per heavy atom. The van der Waals surface area contributed by atoms with E-state index in [1.807, 2.05) is 10.9 Å². The molecule has 4 saturated heterocycles. The summed E-state index contributed by atoms with van der Waals surface area (Å²) in [5.41, 5.74) is 0.871. The highest BCUT2D eigenvalue weighted by Gasteiger charge is 2.44. The topological polar surface area (TPSA) is 63.5 Å². The van der Waals surface area contributed by atoms with E-state index in [0.29, 0.717) is 24.5 Å². The second-order valence-corrected chi connectivity index (χ2v) is 7.44. The minimum absolute atomic E-state index is 0.216. The summed E-state index contributed by atoms with van der Waals surface area (Å²) in [4.78, 5) is 17.4. The molecule has 0 aromatic carbocycles. The maximum atomic E-state index is 12.8. The molecule has 0 spiro atoms. The first kappa shape index (κ1) is 16.0. The summed E-state index contributed by atoms with van der Waals surface area (Å²) in [7, 11) is 1.67. The van der Waals surface area contributed by atoms with Gasteiger partial charge in [-0.3, -0.25) is 14.4 Å². The third kappa shape index (κ3) is 3.07. The number of carbonyl (C=O) groups excluding carboxylic acids is 1. The van der Waals surface area contributed by atoms with Crippen molar-refractivity contribution in [2.45, 2.75) is 44.9 Å². The van der Waals surface area contributed by atoms with Crippen LogP contribution in [0, 0.1) is 11.8 Å². The van der Waals surface area contributed by atoms with E-state index in [2.05, 4.69) is 20.1 Å². The fourth-order valence-electron chi connectivity index (χ4n) is 4.64. The Morgan fingerprint density at radius 2 is 2.17 bits per heavy atom. The van der Waals surface area contributed by atoms with Crippen LogP contribution in [0.5, 0.6) is 0 Å². The molecule has 4 fully saturated rings. The van der Waals surface area contributed by atoms with Gasteiger partial charge < -0.3 is 9.64 Å². The van der Waals surface area contributed by atoms with Gasteiger partial charge in [-0.25, -0.2) is 0 Å². The lowest BCUT2D eigenvalue weighted by atomic mass is 9.75. The molecule has 132 valence electrons. The largest absolute Gasteiger partial charge is 0.378 e. The fourth-order valence-corrected chi connectivity index (χ4v) is 4.64. The molecule has 4 aliphatic heterocycles. The van der Waals surface area contributed by atoms with Crippen molar-refractivity contribution in [1.82, 2.24) is 24.8 Å². The van der Waals surface area contributed by atoms with E-state index in [0.717, 1.165) is 51.3 Å². The number of methoxy groups -OCH3 is 1. The van der Waals surface area contributed by atoms with Crippen molar-refractivity contribution in [2.24, 2.45) is 11.8 Å². The molecule has 4 aliphatic rings. The van der Waals surface area contributed by atoms with E-state index in [4.69, 9.17) is 4.74 Å². The molecule has 4 atom stereocenters. The van der Waals surface area contributed by atoms with Crippen LogP contribution < -0.4 is 0 Å². The van der Waals surface area contributed by atoms with E-state index in [-0.39, 0.29) is 5.92 Å². The second-order valence-electron chi connectivity index (χ2n) is 7.44. The van der Waals surface area contributed by atoms with Gasteiger partial charge in [0.1, 0.15) is 5.69 Å². The molecule has 1 amide bonds. The Labute approximate surface area is 142 Å². The maximum absolute atomic E-state index is 12.8. The van der Waals surface area contributed by atoms with Gasteiger partial charge in [-0.15, -0.1) is 5.10 Å². The zero-order valence-corrected chi connectivity index (χ0v) is 14.4. The maximum Gasteiger partial charge on any atom is 0.227 e. The number of amides is 1. The number of hydrogen-bond acceptors (Lipinski definition) is 5. The highest BCUT2D eigenvalue weighted by molar-refractivity contribution is 5.80. The summed E-state index contributed by atoms with van der Waals surface area (Å²) >= 11 is 0. The van der Waals surface area contributed by atoms with Gasteiger partial charge in [-0.05, 0) is 38.1 Å². The Balaban J connectivity index is 1.38. The van der Waals surface area contributed by atoms with Crippen molar-refractivity contribution < 1.29 is 9.53 Å². The summed E-state index contributed by atoms with van der Waals surface area (Å²) in [5, 5.41) is 8.35. The normalized spacial score (nSPS) is 32.5. The van der Waals surface area contributed by atoms with E-state index in [1.54, 1.807) is 7.11 Å². The minimum Gasteiger partial charge on any atom is -0.378 e. The molecule has 1 aromatic heterocycles. The van der Waals surface area contributed by atoms with Crippen molar-refractivity contribution in [3.05, 3.63) is 11.9 Å². The first-order valence-corrected chi connectivity index (χ1v) is 9.15. The standard InChI is InChI=1S/C17H27N5O2/c1-24-12-14-9-22(19-18-14)10-15-8-13-4-7-21(15)11-16(13)17(23)20-5-2-3-6-20/h9,13,15-16H,2-8,10-12H2,1H3/t13-,15-,16+/m1/s1. The first-order valence-electron chi connectivity index (χ1n) is 9.15. The van der Waals surface area contributed by atoms with Gasteiger partial charge in [0, 0.05) is 32.8 Å². The van der Waals surface area contributed by atoms with Crippen LogP contribution in [0.1, 0.15) is 31.4 Å². The van der Waals surface area contributed by atoms with Gasteiger partial charge >= 0.3 is 0 Å². The van der Waals surface area contributed by atoms with E-state index < -0.39 is 0 Å². The Hall–Kier alpha value is -1.47. The molecule has 0 radical (unpaired) electrons. The summed E-state index contributed by atoms with van der Waals surface area (Å²) in [6, 6.07) is 0.475. The third-order valence-electron chi connectivity index (χ3n) is 5.89. The summed E-state index contributed by atoms with van der Waals surface area (Å²) < 4.78 is 7.03. The van der Waals surface area contributed by atoms with Gasteiger partial charge in [0.2, 0.25) is 5.91 Å². The van der Waals surface area contributed by atoms with Crippen LogP contribution in [0.2, 0.25) is 0 Å². The van der Waals surface area contributed by atoms with Crippen LogP contribution in [0.3, 0.4) is 0 Å². The van der Waals surface area contributed by atoms with Crippen LogP contribution in [0.25, 0.3) is 0 Å². The molecule has 7 heteroatoms. The number of nitrogens with zero attached hydrogens (tertiary/aromatic N) is 5. The smallest absolute Gasteiger partial charge is 0.227 e. The molecular formula is C17H27N5O2. The number of likely N-dealkylation sites (tertiary alicyclic amines) is 1. The molecule has 0 aliphatic carbocycles. The zero-order chi connectivity index (χ0) is 16.5. The monoisotopic (exact) mass is 333 g/mol. The van der Waals surface area contributed by atoms with Crippen molar-refractivity contribution >= 4 is 5.91 Å². The highest BCUT2D eigenvalue weighted by atomic mass is 16.5. The van der Waals surface area contributed by atoms with Crippen LogP contribution in [-0.4, -0.2) is 70.0 Å². The molecule has 0 saturated carbocycles. The number of hydrogen-bond donors (Lipinski definition) is 0. The molecule has 24 heavy (non-hydrogen) atoms.